The maximum Gasteiger partial charge on any atom is 0.407 e. The molecular formula is C17H22N2O3. The molecule has 22 heavy (non-hydrogen) atoms. The van der Waals surface area contributed by atoms with Gasteiger partial charge in [0.25, 0.3) is 0 Å². The van der Waals surface area contributed by atoms with Crippen molar-refractivity contribution in [2.24, 2.45) is 0 Å². The number of aliphatic hydroxyl groups is 1. The summed E-state index contributed by atoms with van der Waals surface area (Å²) in [7, 11) is 0. The van der Waals surface area contributed by atoms with Crippen LogP contribution in [0, 0.1) is 11.3 Å². The first-order valence-electron chi connectivity index (χ1n) is 7.11. The number of hydrogen-bond acceptors (Lipinski definition) is 4. The molecule has 1 rings (SSSR count). The number of aliphatic hydroxyl groups excluding tert-OH is 1. The molecule has 0 radical (unpaired) electrons. The molecule has 0 bridgehead atoms. The van der Waals surface area contributed by atoms with Gasteiger partial charge in [0.2, 0.25) is 0 Å². The Morgan fingerprint density at radius 1 is 1.41 bits per heavy atom. The van der Waals surface area contributed by atoms with E-state index in [1.54, 1.807) is 32.9 Å². The molecule has 118 valence electrons. The SMILES string of the molecule is CC(C)(C)OC(=O)N[C@H](CO)CC=Cc1ccc(C#N)cc1. The summed E-state index contributed by atoms with van der Waals surface area (Å²) in [5.41, 5.74) is 0.993. The van der Waals surface area contributed by atoms with Crippen LogP contribution in [-0.4, -0.2) is 29.4 Å². The van der Waals surface area contributed by atoms with Crippen LogP contribution in [0.5, 0.6) is 0 Å². The van der Waals surface area contributed by atoms with Crippen LogP contribution >= 0.6 is 0 Å². The summed E-state index contributed by atoms with van der Waals surface area (Å²) in [6.45, 7) is 5.18. The van der Waals surface area contributed by atoms with Gasteiger partial charge in [0.05, 0.1) is 24.3 Å². The Bertz CT molecular complexity index is 551. The number of alkyl carbamates (subject to hydrolysis) is 1. The molecule has 1 atom stereocenters. The van der Waals surface area contributed by atoms with E-state index in [9.17, 15) is 9.90 Å². The predicted octanol–water partition coefficient (Wildman–Crippen LogP) is 2.85. The molecule has 0 heterocycles. The van der Waals surface area contributed by atoms with Crippen LogP contribution in [-0.2, 0) is 4.74 Å². The second-order valence-corrected chi connectivity index (χ2v) is 5.90. The summed E-state index contributed by atoms with van der Waals surface area (Å²) in [6, 6.07) is 8.81. The lowest BCUT2D eigenvalue weighted by Gasteiger charge is -2.22. The van der Waals surface area contributed by atoms with Crippen LogP contribution in [0.25, 0.3) is 6.08 Å². The van der Waals surface area contributed by atoms with Crippen molar-refractivity contribution >= 4 is 12.2 Å². The zero-order valence-corrected chi connectivity index (χ0v) is 13.2. The number of carbonyl (C=O) groups is 1. The lowest BCUT2D eigenvalue weighted by Crippen LogP contribution is -2.40. The van der Waals surface area contributed by atoms with Gasteiger partial charge in [-0.15, -0.1) is 0 Å². The van der Waals surface area contributed by atoms with E-state index in [4.69, 9.17) is 10.00 Å². The third kappa shape index (κ3) is 6.91. The van der Waals surface area contributed by atoms with Crippen molar-refractivity contribution in [3.05, 3.63) is 41.5 Å². The van der Waals surface area contributed by atoms with E-state index in [1.165, 1.54) is 0 Å². The van der Waals surface area contributed by atoms with Gasteiger partial charge in [-0.25, -0.2) is 4.79 Å². The average Bonchev–Trinajstić information content (AvgIpc) is 2.45. The third-order valence-corrected chi connectivity index (χ3v) is 2.71. The maximum atomic E-state index is 11.6. The molecule has 5 heteroatoms. The van der Waals surface area contributed by atoms with Crippen LogP contribution in [0.1, 0.15) is 38.3 Å². The molecule has 0 aliphatic rings. The maximum absolute atomic E-state index is 11.6. The highest BCUT2D eigenvalue weighted by molar-refractivity contribution is 5.68. The van der Waals surface area contributed by atoms with Crippen LogP contribution in [0.4, 0.5) is 4.79 Å². The molecule has 0 aliphatic carbocycles. The Balaban J connectivity index is 2.50. The van der Waals surface area contributed by atoms with E-state index in [-0.39, 0.29) is 6.61 Å². The molecule has 1 amide bonds. The largest absolute Gasteiger partial charge is 0.444 e. The van der Waals surface area contributed by atoms with E-state index in [0.29, 0.717) is 12.0 Å². The molecule has 0 fully saturated rings. The average molecular weight is 302 g/mol. The number of nitrogens with one attached hydrogen (secondary N) is 1. The van der Waals surface area contributed by atoms with Crippen molar-refractivity contribution in [2.75, 3.05) is 6.61 Å². The van der Waals surface area contributed by atoms with Gasteiger partial charge in [-0.2, -0.15) is 5.26 Å². The van der Waals surface area contributed by atoms with Crippen molar-refractivity contribution in [3.63, 3.8) is 0 Å². The Morgan fingerprint density at radius 2 is 2.05 bits per heavy atom. The van der Waals surface area contributed by atoms with E-state index in [1.807, 2.05) is 24.3 Å². The molecule has 0 aliphatic heterocycles. The minimum absolute atomic E-state index is 0.170. The molecule has 0 saturated heterocycles. The fourth-order valence-electron chi connectivity index (χ4n) is 1.69. The van der Waals surface area contributed by atoms with Crippen molar-refractivity contribution in [2.45, 2.75) is 38.8 Å². The zero-order valence-electron chi connectivity index (χ0n) is 13.2. The number of nitrogens with zero attached hydrogens (tertiary/aromatic N) is 1. The Morgan fingerprint density at radius 3 is 2.55 bits per heavy atom. The molecule has 1 aromatic carbocycles. The summed E-state index contributed by atoms with van der Waals surface area (Å²) < 4.78 is 5.14. The fourth-order valence-corrected chi connectivity index (χ4v) is 1.69. The zero-order chi connectivity index (χ0) is 16.6. The minimum atomic E-state index is -0.567. The highest BCUT2D eigenvalue weighted by atomic mass is 16.6. The van der Waals surface area contributed by atoms with Crippen LogP contribution < -0.4 is 5.32 Å². The van der Waals surface area contributed by atoms with Gasteiger partial charge in [-0.3, -0.25) is 0 Å². The second-order valence-electron chi connectivity index (χ2n) is 5.90. The molecule has 0 saturated carbocycles. The molecule has 0 spiro atoms. The number of amides is 1. The number of benzene rings is 1. The monoisotopic (exact) mass is 302 g/mol. The van der Waals surface area contributed by atoms with E-state index < -0.39 is 17.7 Å². The first kappa shape index (κ1) is 17.7. The second kappa shape index (κ2) is 8.20. The standard InChI is InChI=1S/C17H22N2O3/c1-17(2,3)22-16(21)19-15(12-20)6-4-5-13-7-9-14(11-18)10-8-13/h4-5,7-10,15,20H,6,12H2,1-3H3,(H,19,21)/t15-/m0/s1. The van der Waals surface area contributed by atoms with Crippen molar-refractivity contribution < 1.29 is 14.6 Å². The van der Waals surface area contributed by atoms with E-state index >= 15 is 0 Å². The summed E-state index contributed by atoms with van der Waals surface area (Å²) in [5.74, 6) is 0. The highest BCUT2D eigenvalue weighted by Gasteiger charge is 2.18. The number of carbonyl (C=O) groups excluding carboxylic acids is 1. The Kier molecular flexibility index (Phi) is 6.61. The van der Waals surface area contributed by atoms with Crippen molar-refractivity contribution in [1.29, 1.82) is 5.26 Å². The Labute approximate surface area is 131 Å². The van der Waals surface area contributed by atoms with Crippen LogP contribution in [0.15, 0.2) is 30.3 Å². The van der Waals surface area contributed by atoms with E-state index in [2.05, 4.69) is 11.4 Å². The van der Waals surface area contributed by atoms with Crippen LogP contribution in [0.2, 0.25) is 0 Å². The number of rotatable bonds is 5. The molecule has 2 N–H and O–H groups in total. The van der Waals surface area contributed by atoms with Gasteiger partial charge in [0.1, 0.15) is 5.60 Å². The van der Waals surface area contributed by atoms with Crippen molar-refractivity contribution in [3.8, 4) is 6.07 Å². The number of hydrogen-bond donors (Lipinski definition) is 2. The lowest BCUT2D eigenvalue weighted by molar-refractivity contribution is 0.0484. The summed E-state index contributed by atoms with van der Waals surface area (Å²) in [5, 5.41) is 20.6. The molecule has 5 nitrogen and oxygen atoms in total. The predicted molar refractivity (Wildman–Crippen MR) is 85.1 cm³/mol. The Hall–Kier alpha value is -2.32. The van der Waals surface area contributed by atoms with Gasteiger partial charge in [-0.05, 0) is 44.9 Å². The molecule has 1 aromatic rings. The fraction of sp³-hybridized carbons (Fsp3) is 0.412. The molecule has 0 unspecified atom stereocenters. The van der Waals surface area contributed by atoms with Gasteiger partial charge in [-0.1, -0.05) is 24.3 Å². The first-order valence-corrected chi connectivity index (χ1v) is 7.11. The van der Waals surface area contributed by atoms with Gasteiger partial charge in [0.15, 0.2) is 0 Å². The topological polar surface area (TPSA) is 82.3 Å². The summed E-state index contributed by atoms with van der Waals surface area (Å²) >= 11 is 0. The molecule has 0 aromatic heterocycles. The van der Waals surface area contributed by atoms with Crippen molar-refractivity contribution in [1.82, 2.24) is 5.32 Å². The van der Waals surface area contributed by atoms with Crippen LogP contribution in [0.3, 0.4) is 0 Å². The lowest BCUT2D eigenvalue weighted by atomic mass is 10.1. The summed E-state index contributed by atoms with van der Waals surface area (Å²) in [4.78, 5) is 11.6. The van der Waals surface area contributed by atoms with Gasteiger partial charge >= 0.3 is 6.09 Å². The normalized spacial score (nSPS) is 12.7. The third-order valence-electron chi connectivity index (χ3n) is 2.71. The summed E-state index contributed by atoms with van der Waals surface area (Å²) in [6.07, 6.45) is 3.68. The first-order chi connectivity index (χ1) is 10.3. The number of ether oxygens (including phenoxy) is 1. The smallest absolute Gasteiger partial charge is 0.407 e. The minimum Gasteiger partial charge on any atom is -0.444 e. The number of nitriles is 1. The van der Waals surface area contributed by atoms with E-state index in [0.717, 1.165) is 5.56 Å². The highest BCUT2D eigenvalue weighted by Crippen LogP contribution is 2.09. The molecular weight excluding hydrogens is 280 g/mol. The quantitative estimate of drug-likeness (QED) is 0.876. The van der Waals surface area contributed by atoms with Gasteiger partial charge < -0.3 is 15.2 Å². The van der Waals surface area contributed by atoms with Gasteiger partial charge in [0, 0.05) is 0 Å².